The standard InChI is InChI=1S/C20H19N3O3/c24-20(11-8-16-6-9-18(10-7-16)23(25)26)21-13-3-14-22-15-12-17-4-1-2-5-19(17)22/h1-2,4-12,15H,3,13-14H2,(H,21,24). The smallest absolute Gasteiger partial charge is 0.269 e. The molecule has 0 fully saturated rings. The molecule has 1 N–H and O–H groups in total. The number of hydrogen-bond donors (Lipinski definition) is 1. The van der Waals surface area contributed by atoms with Gasteiger partial charge in [0.15, 0.2) is 0 Å². The summed E-state index contributed by atoms with van der Waals surface area (Å²) in [5.74, 6) is -0.180. The van der Waals surface area contributed by atoms with Crippen molar-refractivity contribution < 1.29 is 9.72 Å². The lowest BCUT2D eigenvalue weighted by molar-refractivity contribution is -0.384. The molecule has 0 saturated carbocycles. The van der Waals surface area contributed by atoms with Gasteiger partial charge in [-0.3, -0.25) is 14.9 Å². The van der Waals surface area contributed by atoms with Crippen molar-refractivity contribution in [2.45, 2.75) is 13.0 Å². The van der Waals surface area contributed by atoms with E-state index in [1.807, 2.05) is 12.1 Å². The minimum atomic E-state index is -0.450. The van der Waals surface area contributed by atoms with Crippen molar-refractivity contribution in [1.82, 2.24) is 9.88 Å². The third-order valence-corrected chi connectivity index (χ3v) is 4.09. The third kappa shape index (κ3) is 4.36. The van der Waals surface area contributed by atoms with Crippen molar-refractivity contribution in [2.24, 2.45) is 0 Å². The minimum absolute atomic E-state index is 0.0316. The molecule has 132 valence electrons. The average molecular weight is 349 g/mol. The number of fused-ring (bicyclic) bond motifs is 1. The first-order chi connectivity index (χ1) is 12.6. The van der Waals surface area contributed by atoms with Gasteiger partial charge >= 0.3 is 0 Å². The Morgan fingerprint density at radius 2 is 1.88 bits per heavy atom. The number of carbonyl (C=O) groups is 1. The van der Waals surface area contributed by atoms with E-state index in [2.05, 4.69) is 34.3 Å². The van der Waals surface area contributed by atoms with E-state index in [0.29, 0.717) is 6.54 Å². The number of benzene rings is 2. The van der Waals surface area contributed by atoms with Crippen LogP contribution in [-0.2, 0) is 11.3 Å². The summed E-state index contributed by atoms with van der Waals surface area (Å²) >= 11 is 0. The maximum absolute atomic E-state index is 11.9. The van der Waals surface area contributed by atoms with Crippen molar-refractivity contribution in [3.8, 4) is 0 Å². The molecule has 0 aliphatic heterocycles. The number of nitrogens with zero attached hydrogens (tertiary/aromatic N) is 2. The van der Waals surface area contributed by atoms with Crippen LogP contribution in [0.3, 0.4) is 0 Å². The zero-order valence-corrected chi connectivity index (χ0v) is 14.2. The molecule has 3 rings (SSSR count). The van der Waals surface area contributed by atoms with E-state index in [1.165, 1.54) is 29.1 Å². The van der Waals surface area contributed by atoms with Gasteiger partial charge < -0.3 is 9.88 Å². The van der Waals surface area contributed by atoms with E-state index < -0.39 is 4.92 Å². The number of amides is 1. The highest BCUT2D eigenvalue weighted by molar-refractivity contribution is 5.91. The van der Waals surface area contributed by atoms with Gasteiger partial charge in [0, 0.05) is 43.0 Å². The van der Waals surface area contributed by atoms with E-state index >= 15 is 0 Å². The maximum Gasteiger partial charge on any atom is 0.269 e. The monoisotopic (exact) mass is 349 g/mol. The van der Waals surface area contributed by atoms with Gasteiger partial charge in [-0.05, 0) is 47.7 Å². The zero-order chi connectivity index (χ0) is 18.4. The van der Waals surface area contributed by atoms with Crippen LogP contribution in [0.15, 0.2) is 66.9 Å². The highest BCUT2D eigenvalue weighted by atomic mass is 16.6. The molecule has 0 aliphatic carbocycles. The third-order valence-electron chi connectivity index (χ3n) is 4.09. The first-order valence-electron chi connectivity index (χ1n) is 8.38. The van der Waals surface area contributed by atoms with Crippen molar-refractivity contribution in [2.75, 3.05) is 6.54 Å². The van der Waals surface area contributed by atoms with Gasteiger partial charge in [0.2, 0.25) is 5.91 Å². The maximum atomic E-state index is 11.9. The van der Waals surface area contributed by atoms with Crippen LogP contribution in [0.4, 0.5) is 5.69 Å². The fraction of sp³-hybridized carbons (Fsp3) is 0.150. The van der Waals surface area contributed by atoms with E-state index in [-0.39, 0.29) is 11.6 Å². The number of aryl methyl sites for hydroxylation is 1. The highest BCUT2D eigenvalue weighted by Crippen LogP contribution is 2.15. The van der Waals surface area contributed by atoms with E-state index in [4.69, 9.17) is 0 Å². The molecular weight excluding hydrogens is 330 g/mol. The molecule has 0 aliphatic rings. The molecule has 2 aromatic carbocycles. The Labute approximate surface area is 150 Å². The number of carbonyl (C=O) groups excluding carboxylic acids is 1. The molecule has 26 heavy (non-hydrogen) atoms. The lowest BCUT2D eigenvalue weighted by Crippen LogP contribution is -2.23. The Hall–Kier alpha value is -3.41. The van der Waals surface area contributed by atoms with Gasteiger partial charge in [-0.15, -0.1) is 0 Å². The Kier molecular flexibility index (Phi) is 5.43. The summed E-state index contributed by atoms with van der Waals surface area (Å²) in [4.78, 5) is 22.0. The average Bonchev–Trinajstić information content (AvgIpc) is 3.07. The van der Waals surface area contributed by atoms with Crippen LogP contribution in [0, 0.1) is 10.1 Å². The second-order valence-electron chi connectivity index (χ2n) is 5.89. The number of hydrogen-bond acceptors (Lipinski definition) is 3. The number of rotatable bonds is 7. The minimum Gasteiger partial charge on any atom is -0.352 e. The Morgan fingerprint density at radius 1 is 1.12 bits per heavy atom. The molecular formula is C20H19N3O3. The Bertz CT molecular complexity index is 942. The summed E-state index contributed by atoms with van der Waals surface area (Å²) in [5, 5.41) is 14.7. The van der Waals surface area contributed by atoms with Crippen LogP contribution in [0.2, 0.25) is 0 Å². The molecule has 0 bridgehead atoms. The van der Waals surface area contributed by atoms with Gasteiger partial charge in [-0.25, -0.2) is 0 Å². The molecule has 6 heteroatoms. The molecule has 0 radical (unpaired) electrons. The van der Waals surface area contributed by atoms with E-state index in [0.717, 1.165) is 18.5 Å². The summed E-state index contributed by atoms with van der Waals surface area (Å²) in [6, 6.07) is 16.3. The predicted molar refractivity (Wildman–Crippen MR) is 102 cm³/mol. The molecule has 1 aromatic heterocycles. The molecule has 0 atom stereocenters. The molecule has 0 saturated heterocycles. The Balaban J connectivity index is 1.44. The predicted octanol–water partition coefficient (Wildman–Crippen LogP) is 3.77. The summed E-state index contributed by atoms with van der Waals surface area (Å²) in [6.07, 6.45) is 5.96. The molecule has 1 amide bonds. The van der Waals surface area contributed by atoms with E-state index in [1.54, 1.807) is 18.2 Å². The van der Waals surface area contributed by atoms with Gasteiger partial charge in [0.25, 0.3) is 5.69 Å². The first-order valence-corrected chi connectivity index (χ1v) is 8.38. The molecule has 6 nitrogen and oxygen atoms in total. The van der Waals surface area contributed by atoms with Gasteiger partial charge in [-0.1, -0.05) is 18.2 Å². The fourth-order valence-electron chi connectivity index (χ4n) is 2.73. The lowest BCUT2D eigenvalue weighted by Gasteiger charge is -2.06. The summed E-state index contributed by atoms with van der Waals surface area (Å²) in [7, 11) is 0. The number of aromatic nitrogens is 1. The largest absolute Gasteiger partial charge is 0.352 e. The van der Waals surface area contributed by atoms with Crippen molar-refractivity contribution in [1.29, 1.82) is 0 Å². The summed E-state index contributed by atoms with van der Waals surface area (Å²) < 4.78 is 2.17. The van der Waals surface area contributed by atoms with Crippen molar-refractivity contribution >= 4 is 28.6 Å². The van der Waals surface area contributed by atoms with Crippen LogP contribution >= 0.6 is 0 Å². The molecule has 0 unspecified atom stereocenters. The lowest BCUT2D eigenvalue weighted by atomic mass is 10.2. The number of nitrogens with one attached hydrogen (secondary N) is 1. The summed E-state index contributed by atoms with van der Waals surface area (Å²) in [5.41, 5.74) is 1.96. The number of para-hydroxylation sites is 1. The van der Waals surface area contributed by atoms with Crippen LogP contribution in [0.5, 0.6) is 0 Å². The van der Waals surface area contributed by atoms with Gasteiger partial charge in [0.1, 0.15) is 0 Å². The fourth-order valence-corrected chi connectivity index (χ4v) is 2.73. The second-order valence-corrected chi connectivity index (χ2v) is 5.89. The second kappa shape index (κ2) is 8.11. The normalized spacial score (nSPS) is 11.1. The van der Waals surface area contributed by atoms with Crippen molar-refractivity contribution in [3.05, 3.63) is 82.5 Å². The molecule has 1 heterocycles. The van der Waals surface area contributed by atoms with Crippen molar-refractivity contribution in [3.63, 3.8) is 0 Å². The van der Waals surface area contributed by atoms with Gasteiger partial charge in [-0.2, -0.15) is 0 Å². The summed E-state index contributed by atoms with van der Waals surface area (Å²) in [6.45, 7) is 1.41. The molecule has 3 aromatic rings. The number of non-ortho nitro benzene ring substituents is 1. The Morgan fingerprint density at radius 3 is 2.65 bits per heavy atom. The SMILES string of the molecule is O=C(C=Cc1ccc([N+](=O)[O-])cc1)NCCCn1ccc2ccccc21. The van der Waals surface area contributed by atoms with Crippen LogP contribution in [-0.4, -0.2) is 21.9 Å². The quantitative estimate of drug-likeness (QED) is 0.305. The van der Waals surface area contributed by atoms with Gasteiger partial charge in [0.05, 0.1) is 4.92 Å². The molecule has 0 spiro atoms. The number of nitro groups is 1. The number of nitro benzene ring substituents is 1. The van der Waals surface area contributed by atoms with Crippen LogP contribution < -0.4 is 5.32 Å². The topological polar surface area (TPSA) is 77.2 Å². The first kappa shape index (κ1) is 17.4. The highest BCUT2D eigenvalue weighted by Gasteiger charge is 2.03. The van der Waals surface area contributed by atoms with Crippen LogP contribution in [0.25, 0.3) is 17.0 Å². The van der Waals surface area contributed by atoms with E-state index in [9.17, 15) is 14.9 Å². The van der Waals surface area contributed by atoms with Crippen LogP contribution in [0.1, 0.15) is 12.0 Å². The zero-order valence-electron chi connectivity index (χ0n) is 14.2.